The van der Waals surface area contributed by atoms with Crippen LogP contribution in [0, 0.1) is 11.8 Å². The van der Waals surface area contributed by atoms with E-state index in [1.807, 2.05) is 48.5 Å². The zero-order valence-electron chi connectivity index (χ0n) is 16.8. The molecular formula is C25H14Br2ClNO4. The lowest BCUT2D eigenvalue weighted by Crippen LogP contribution is -2.56. The lowest BCUT2D eigenvalue weighted by molar-refractivity contribution is -0.122. The number of rotatable bonds is 2. The Morgan fingerprint density at radius 3 is 1.64 bits per heavy atom. The Morgan fingerprint density at radius 1 is 0.818 bits per heavy atom. The van der Waals surface area contributed by atoms with E-state index in [9.17, 15) is 19.5 Å². The molecule has 0 unspecified atom stereocenters. The number of benzene rings is 3. The van der Waals surface area contributed by atoms with E-state index in [1.54, 1.807) is 0 Å². The SMILES string of the molecule is O=C(O)c1cc(N2C(=O)[C@H]3[C@H](C2=O)C2(Br)c4ccccc4C3(Br)c3ccccc32)ccc1Cl. The van der Waals surface area contributed by atoms with Gasteiger partial charge in [-0.25, -0.2) is 9.69 Å². The maximum Gasteiger partial charge on any atom is 0.337 e. The predicted molar refractivity (Wildman–Crippen MR) is 130 cm³/mol. The number of carbonyl (C=O) groups excluding carboxylic acids is 2. The van der Waals surface area contributed by atoms with E-state index in [0.29, 0.717) is 0 Å². The minimum Gasteiger partial charge on any atom is -0.478 e. The fraction of sp³-hybridized carbons (Fsp3) is 0.160. The molecule has 7 rings (SSSR count). The quantitative estimate of drug-likeness (QED) is 0.320. The summed E-state index contributed by atoms with van der Waals surface area (Å²) in [5.41, 5.74) is 3.78. The van der Waals surface area contributed by atoms with Crippen molar-refractivity contribution >= 4 is 66.9 Å². The Bertz CT molecular complexity index is 1300. The second-order valence-electron chi connectivity index (χ2n) is 8.45. The average molecular weight is 588 g/mol. The summed E-state index contributed by atoms with van der Waals surface area (Å²) in [7, 11) is 0. The highest BCUT2D eigenvalue weighted by atomic mass is 79.9. The van der Waals surface area contributed by atoms with Gasteiger partial charge in [-0.3, -0.25) is 9.59 Å². The highest BCUT2D eigenvalue weighted by molar-refractivity contribution is 9.10. The maximum atomic E-state index is 13.9. The number of carbonyl (C=O) groups is 3. The third kappa shape index (κ3) is 2.40. The molecule has 1 heterocycles. The molecule has 5 nitrogen and oxygen atoms in total. The molecule has 0 spiro atoms. The van der Waals surface area contributed by atoms with Gasteiger partial charge in [-0.2, -0.15) is 0 Å². The number of imide groups is 1. The van der Waals surface area contributed by atoms with Gasteiger partial charge in [-0.1, -0.05) is 92.0 Å². The largest absolute Gasteiger partial charge is 0.478 e. The van der Waals surface area contributed by atoms with Crippen molar-refractivity contribution in [1.29, 1.82) is 0 Å². The summed E-state index contributed by atoms with van der Waals surface area (Å²) in [4.78, 5) is 40.6. The molecule has 1 aliphatic heterocycles. The van der Waals surface area contributed by atoms with Gasteiger partial charge in [0, 0.05) is 0 Å². The minimum absolute atomic E-state index is 0.0385. The highest BCUT2D eigenvalue weighted by Gasteiger charge is 2.72. The summed E-state index contributed by atoms with van der Waals surface area (Å²) >= 11 is 13.9. The number of hydrogen-bond donors (Lipinski definition) is 1. The first-order valence-electron chi connectivity index (χ1n) is 10.2. The zero-order chi connectivity index (χ0) is 23.3. The first kappa shape index (κ1) is 21.1. The molecule has 1 fully saturated rings. The molecular weight excluding hydrogens is 574 g/mol. The molecule has 0 radical (unpaired) electrons. The second kappa shape index (κ2) is 6.78. The van der Waals surface area contributed by atoms with Crippen LogP contribution in [0.3, 0.4) is 0 Å². The molecule has 33 heavy (non-hydrogen) atoms. The number of carboxylic acids is 1. The van der Waals surface area contributed by atoms with Gasteiger partial charge in [0.1, 0.15) is 0 Å². The van der Waals surface area contributed by atoms with E-state index in [2.05, 4.69) is 31.9 Å². The van der Waals surface area contributed by atoms with Gasteiger partial charge >= 0.3 is 5.97 Å². The number of anilines is 1. The Labute approximate surface area is 210 Å². The van der Waals surface area contributed by atoms with E-state index in [4.69, 9.17) is 11.6 Å². The Kier molecular flexibility index (Phi) is 4.33. The third-order valence-electron chi connectivity index (χ3n) is 7.02. The standard InChI is InChI=1S/C25H14Br2ClNO4/c26-24-14-5-1-2-6-15(14)25(27,17-8-4-3-7-16(17)24)20-19(24)21(30)29(22(20)31)12-9-10-18(28)13(11-12)23(32)33/h1-11,19-20H,(H,32,33)/t19-,20-,24?,25?/m1/s1. The number of amides is 2. The van der Waals surface area contributed by atoms with Crippen LogP contribution in [0.25, 0.3) is 0 Å². The van der Waals surface area contributed by atoms with E-state index < -0.39 is 26.5 Å². The molecule has 3 aromatic carbocycles. The van der Waals surface area contributed by atoms with Crippen LogP contribution in [0.15, 0.2) is 66.7 Å². The molecule has 164 valence electrons. The molecule has 2 amide bonds. The minimum atomic E-state index is -1.23. The van der Waals surface area contributed by atoms with Crippen molar-refractivity contribution < 1.29 is 19.5 Å². The number of hydrogen-bond acceptors (Lipinski definition) is 3. The fourth-order valence-corrected chi connectivity index (χ4v) is 8.24. The zero-order valence-corrected chi connectivity index (χ0v) is 20.7. The molecule has 8 heteroatoms. The van der Waals surface area contributed by atoms with Gasteiger partial charge in [-0.05, 0) is 40.5 Å². The van der Waals surface area contributed by atoms with Gasteiger partial charge in [0.2, 0.25) is 11.8 Å². The summed E-state index contributed by atoms with van der Waals surface area (Å²) < 4.78 is -1.80. The number of nitrogens with zero attached hydrogens (tertiary/aromatic N) is 1. The molecule has 4 aliphatic rings. The van der Waals surface area contributed by atoms with E-state index in [1.165, 1.54) is 18.2 Å². The number of carboxylic acid groups (broad SMARTS) is 1. The van der Waals surface area contributed by atoms with Gasteiger partial charge in [0.05, 0.1) is 36.8 Å². The van der Waals surface area contributed by atoms with Gasteiger partial charge in [-0.15, -0.1) is 0 Å². The molecule has 3 aromatic rings. The number of aromatic carboxylic acids is 1. The van der Waals surface area contributed by atoms with Crippen molar-refractivity contribution in [3.05, 3.63) is 99.6 Å². The van der Waals surface area contributed by atoms with Crippen LogP contribution in [0.2, 0.25) is 5.02 Å². The molecule has 2 bridgehead atoms. The van der Waals surface area contributed by atoms with Crippen molar-refractivity contribution in [3.8, 4) is 0 Å². The summed E-state index contributed by atoms with van der Waals surface area (Å²) in [6.45, 7) is 0. The van der Waals surface area contributed by atoms with Crippen LogP contribution in [-0.2, 0) is 18.2 Å². The molecule has 2 atom stereocenters. The Hall–Kier alpha value is -2.48. The molecule has 0 aromatic heterocycles. The van der Waals surface area contributed by atoms with Crippen LogP contribution in [0.1, 0.15) is 32.6 Å². The average Bonchev–Trinajstić information content (AvgIpc) is 3.09. The van der Waals surface area contributed by atoms with Crippen LogP contribution >= 0.6 is 43.5 Å². The number of halogens is 3. The van der Waals surface area contributed by atoms with Gasteiger partial charge in [0.15, 0.2) is 0 Å². The first-order chi connectivity index (χ1) is 15.7. The molecule has 1 N–H and O–H groups in total. The molecule has 0 saturated carbocycles. The highest BCUT2D eigenvalue weighted by Crippen LogP contribution is 2.70. The normalized spacial score (nSPS) is 29.0. The van der Waals surface area contributed by atoms with Crippen molar-refractivity contribution in [2.45, 2.75) is 8.65 Å². The van der Waals surface area contributed by atoms with Crippen molar-refractivity contribution in [3.63, 3.8) is 0 Å². The lowest BCUT2D eigenvalue weighted by atomic mass is 9.54. The summed E-state index contributed by atoms with van der Waals surface area (Å²) in [6, 6.07) is 19.8. The van der Waals surface area contributed by atoms with Crippen LogP contribution < -0.4 is 4.90 Å². The van der Waals surface area contributed by atoms with Crippen LogP contribution in [0.5, 0.6) is 0 Å². The Balaban J connectivity index is 1.62. The van der Waals surface area contributed by atoms with Crippen molar-refractivity contribution in [2.24, 2.45) is 11.8 Å². The molecule has 1 saturated heterocycles. The van der Waals surface area contributed by atoms with Crippen LogP contribution in [-0.4, -0.2) is 22.9 Å². The lowest BCUT2D eigenvalue weighted by Gasteiger charge is -2.55. The summed E-state index contributed by atoms with van der Waals surface area (Å²) in [6.07, 6.45) is 0. The maximum absolute atomic E-state index is 13.9. The van der Waals surface area contributed by atoms with Crippen molar-refractivity contribution in [2.75, 3.05) is 4.90 Å². The molecule has 3 aliphatic carbocycles. The smallest absolute Gasteiger partial charge is 0.337 e. The second-order valence-corrected chi connectivity index (χ2v) is 11.4. The first-order valence-corrected chi connectivity index (χ1v) is 12.2. The van der Waals surface area contributed by atoms with Crippen molar-refractivity contribution in [1.82, 2.24) is 0 Å². The fourth-order valence-electron chi connectivity index (χ4n) is 5.74. The Morgan fingerprint density at radius 2 is 1.24 bits per heavy atom. The van der Waals surface area contributed by atoms with E-state index in [-0.39, 0.29) is 28.1 Å². The van der Waals surface area contributed by atoms with E-state index >= 15 is 0 Å². The summed E-state index contributed by atoms with van der Waals surface area (Å²) in [5, 5.41) is 9.53. The predicted octanol–water partition coefficient (Wildman–Crippen LogP) is 5.45. The number of alkyl halides is 2. The summed E-state index contributed by atoms with van der Waals surface area (Å²) in [5.74, 6) is -3.44. The third-order valence-corrected chi connectivity index (χ3v) is 10.0. The monoisotopic (exact) mass is 585 g/mol. The van der Waals surface area contributed by atoms with Gasteiger partial charge < -0.3 is 5.11 Å². The van der Waals surface area contributed by atoms with E-state index in [0.717, 1.165) is 27.2 Å². The van der Waals surface area contributed by atoms with Gasteiger partial charge in [0.25, 0.3) is 0 Å². The topological polar surface area (TPSA) is 74.7 Å². The van der Waals surface area contributed by atoms with Crippen LogP contribution in [0.4, 0.5) is 5.69 Å².